The first-order valence-corrected chi connectivity index (χ1v) is 13.4. The van der Waals surface area contributed by atoms with Crippen molar-refractivity contribution in [1.82, 2.24) is 4.98 Å². The van der Waals surface area contributed by atoms with Gasteiger partial charge >= 0.3 is 5.97 Å². The molecule has 7 heteroatoms. The number of nitrogens with zero attached hydrogens (tertiary/aromatic N) is 1. The summed E-state index contributed by atoms with van der Waals surface area (Å²) in [6.45, 7) is 13.6. The topological polar surface area (TPSA) is 89.0 Å². The third-order valence-electron chi connectivity index (χ3n) is 7.72. The molecule has 1 aromatic rings. The SMILES string of the molecule is C/C(=C\c1csc(C)n1)[C@@H]1C[C@@H]2O[C@]2(C)CCC[C@H](C)[C@H](O)[C@@H](C)C(=O)C(C)(C)CCC(=O)O1. The van der Waals surface area contributed by atoms with Gasteiger partial charge in [0.1, 0.15) is 11.9 Å². The van der Waals surface area contributed by atoms with Gasteiger partial charge in [0.05, 0.1) is 28.5 Å². The number of Topliss-reactive ketones (excluding diaryl/α,β-unsaturated/α-hetero) is 1. The van der Waals surface area contributed by atoms with E-state index in [0.717, 1.165) is 35.5 Å². The molecule has 34 heavy (non-hydrogen) atoms. The molecule has 0 spiro atoms. The van der Waals surface area contributed by atoms with Gasteiger partial charge in [0, 0.05) is 29.6 Å². The summed E-state index contributed by atoms with van der Waals surface area (Å²) >= 11 is 1.59. The van der Waals surface area contributed by atoms with Crippen molar-refractivity contribution in [3.8, 4) is 0 Å². The van der Waals surface area contributed by atoms with Crippen molar-refractivity contribution in [2.24, 2.45) is 17.3 Å². The van der Waals surface area contributed by atoms with E-state index in [-0.39, 0.29) is 35.8 Å². The number of ketones is 1. The van der Waals surface area contributed by atoms with Crippen molar-refractivity contribution in [3.05, 3.63) is 21.7 Å². The van der Waals surface area contributed by atoms with E-state index < -0.39 is 23.5 Å². The number of aliphatic hydroxyl groups excluding tert-OH is 1. The first-order valence-electron chi connectivity index (χ1n) is 12.5. The number of aryl methyl sites for hydroxylation is 1. The highest BCUT2D eigenvalue weighted by Gasteiger charge is 2.52. The number of aliphatic hydroxyl groups is 1. The number of thiazole rings is 1. The van der Waals surface area contributed by atoms with Crippen LogP contribution in [0.25, 0.3) is 6.08 Å². The molecule has 0 saturated carbocycles. The molecule has 2 aliphatic rings. The van der Waals surface area contributed by atoms with Crippen molar-refractivity contribution in [2.75, 3.05) is 0 Å². The molecule has 0 unspecified atom stereocenters. The number of carbonyl (C=O) groups is 2. The van der Waals surface area contributed by atoms with Gasteiger partial charge in [-0.05, 0) is 57.6 Å². The van der Waals surface area contributed by atoms with Crippen LogP contribution >= 0.6 is 11.3 Å². The molecule has 2 aliphatic heterocycles. The Bertz CT molecular complexity index is 922. The summed E-state index contributed by atoms with van der Waals surface area (Å²) in [6.07, 6.45) is 4.68. The number of hydrogen-bond donors (Lipinski definition) is 1. The molecule has 1 N–H and O–H groups in total. The summed E-state index contributed by atoms with van der Waals surface area (Å²) in [5.74, 6) is -0.776. The fraction of sp³-hybridized carbons (Fsp3) is 0.741. The number of rotatable bonds is 2. The largest absolute Gasteiger partial charge is 0.458 e. The lowest BCUT2D eigenvalue weighted by atomic mass is 9.74. The molecule has 2 fully saturated rings. The number of carbonyl (C=O) groups excluding carboxylic acids is 2. The molecule has 6 atom stereocenters. The predicted molar refractivity (Wildman–Crippen MR) is 134 cm³/mol. The van der Waals surface area contributed by atoms with Gasteiger partial charge in [-0.2, -0.15) is 0 Å². The van der Waals surface area contributed by atoms with Crippen molar-refractivity contribution < 1.29 is 24.2 Å². The lowest BCUT2D eigenvalue weighted by Gasteiger charge is -2.31. The van der Waals surface area contributed by atoms with Gasteiger partial charge in [0.15, 0.2) is 0 Å². The van der Waals surface area contributed by atoms with Crippen LogP contribution in [0.15, 0.2) is 11.0 Å². The van der Waals surface area contributed by atoms with Crippen LogP contribution in [0.4, 0.5) is 0 Å². The molecule has 0 bridgehead atoms. The minimum absolute atomic E-state index is 0.00387. The van der Waals surface area contributed by atoms with E-state index in [9.17, 15) is 14.7 Å². The fourth-order valence-electron chi connectivity index (χ4n) is 5.07. The number of ether oxygens (including phenoxy) is 2. The van der Waals surface area contributed by atoms with E-state index in [4.69, 9.17) is 9.47 Å². The second-order valence-electron chi connectivity index (χ2n) is 11.2. The number of cyclic esters (lactones) is 1. The lowest BCUT2D eigenvalue weighted by Crippen LogP contribution is -2.39. The molecular weight excluding hydrogens is 450 g/mol. The van der Waals surface area contributed by atoms with Crippen LogP contribution in [0.5, 0.6) is 0 Å². The van der Waals surface area contributed by atoms with Gasteiger partial charge in [-0.1, -0.05) is 34.1 Å². The Morgan fingerprint density at radius 1 is 1.24 bits per heavy atom. The molecular formula is C27H41NO5S. The maximum absolute atomic E-state index is 13.2. The zero-order valence-corrected chi connectivity index (χ0v) is 22.5. The molecule has 2 saturated heterocycles. The third kappa shape index (κ3) is 6.55. The molecule has 3 rings (SSSR count). The van der Waals surface area contributed by atoms with Crippen molar-refractivity contribution in [3.63, 3.8) is 0 Å². The Morgan fingerprint density at radius 3 is 2.59 bits per heavy atom. The second kappa shape index (κ2) is 10.6. The van der Waals surface area contributed by atoms with E-state index in [0.29, 0.717) is 12.8 Å². The second-order valence-corrected chi connectivity index (χ2v) is 12.3. The number of hydrogen-bond acceptors (Lipinski definition) is 7. The quantitative estimate of drug-likeness (QED) is 0.434. The Hall–Kier alpha value is -1.57. The molecule has 0 radical (unpaired) electrons. The number of fused-ring (bicyclic) bond motifs is 1. The highest BCUT2D eigenvalue weighted by Crippen LogP contribution is 2.45. The molecule has 3 heterocycles. The summed E-state index contributed by atoms with van der Waals surface area (Å²) in [7, 11) is 0. The summed E-state index contributed by atoms with van der Waals surface area (Å²) in [5.41, 5.74) is 0.856. The standard InChI is InChI=1S/C27H41NO5S/c1-16-9-8-11-27(7)22(33-27)14-21(17(2)13-20-15-34-19(4)28-20)32-23(29)10-12-26(5,6)25(31)18(3)24(16)30/h13,15-16,18,21-22,24,30H,8-12,14H2,1-7H3/b17-13+/t16-,18+,21-,22-,24-,27+/m0/s1. The summed E-state index contributed by atoms with van der Waals surface area (Å²) in [4.78, 5) is 30.6. The van der Waals surface area contributed by atoms with Gasteiger partial charge in [-0.25, -0.2) is 4.98 Å². The van der Waals surface area contributed by atoms with E-state index in [1.165, 1.54) is 0 Å². The molecule has 0 aliphatic carbocycles. The van der Waals surface area contributed by atoms with E-state index in [2.05, 4.69) is 11.9 Å². The highest BCUT2D eigenvalue weighted by molar-refractivity contribution is 7.09. The Kier molecular flexibility index (Phi) is 8.42. The highest BCUT2D eigenvalue weighted by atomic mass is 32.1. The third-order valence-corrected chi connectivity index (χ3v) is 8.51. The van der Waals surface area contributed by atoms with Crippen LogP contribution < -0.4 is 0 Å². The van der Waals surface area contributed by atoms with E-state index in [1.807, 2.05) is 46.1 Å². The summed E-state index contributed by atoms with van der Waals surface area (Å²) < 4.78 is 12.0. The summed E-state index contributed by atoms with van der Waals surface area (Å²) in [6, 6.07) is 0. The van der Waals surface area contributed by atoms with Crippen LogP contribution in [0.3, 0.4) is 0 Å². The maximum Gasteiger partial charge on any atom is 0.306 e. The first-order chi connectivity index (χ1) is 15.8. The lowest BCUT2D eigenvalue weighted by molar-refractivity contribution is -0.149. The Morgan fingerprint density at radius 2 is 1.94 bits per heavy atom. The predicted octanol–water partition coefficient (Wildman–Crippen LogP) is 5.51. The van der Waals surface area contributed by atoms with Crippen molar-refractivity contribution >= 4 is 29.2 Å². The monoisotopic (exact) mass is 491 g/mol. The Balaban J connectivity index is 1.81. The fourth-order valence-corrected chi connectivity index (χ4v) is 5.64. The smallest absolute Gasteiger partial charge is 0.306 e. The molecule has 1 aromatic heterocycles. The van der Waals surface area contributed by atoms with Gasteiger partial charge < -0.3 is 14.6 Å². The van der Waals surface area contributed by atoms with Crippen LogP contribution in [0.1, 0.15) is 90.8 Å². The number of aromatic nitrogens is 1. The van der Waals surface area contributed by atoms with Crippen molar-refractivity contribution in [2.45, 2.75) is 111 Å². The zero-order valence-electron chi connectivity index (χ0n) is 21.7. The molecule has 190 valence electrons. The zero-order chi connectivity index (χ0) is 25.3. The normalized spacial score (nSPS) is 36.0. The number of esters is 1. The molecule has 6 nitrogen and oxygen atoms in total. The van der Waals surface area contributed by atoms with E-state index >= 15 is 0 Å². The van der Waals surface area contributed by atoms with Crippen LogP contribution in [0.2, 0.25) is 0 Å². The van der Waals surface area contributed by atoms with Crippen molar-refractivity contribution in [1.29, 1.82) is 0 Å². The number of epoxide rings is 1. The average Bonchev–Trinajstić information content (AvgIpc) is 3.21. The first kappa shape index (κ1) is 27.0. The molecule has 0 aromatic carbocycles. The van der Waals surface area contributed by atoms with E-state index in [1.54, 1.807) is 18.3 Å². The van der Waals surface area contributed by atoms with Crippen LogP contribution in [0, 0.1) is 24.2 Å². The average molecular weight is 492 g/mol. The minimum Gasteiger partial charge on any atom is -0.458 e. The minimum atomic E-state index is -0.715. The van der Waals surface area contributed by atoms with Crippen LogP contribution in [-0.4, -0.2) is 45.8 Å². The molecule has 0 amide bonds. The Labute approximate surface area is 208 Å². The van der Waals surface area contributed by atoms with Gasteiger partial charge in [-0.15, -0.1) is 11.3 Å². The van der Waals surface area contributed by atoms with Gasteiger partial charge in [0.2, 0.25) is 0 Å². The summed E-state index contributed by atoms with van der Waals surface area (Å²) in [5, 5.41) is 13.8. The van der Waals surface area contributed by atoms with Gasteiger partial charge in [0.25, 0.3) is 0 Å². The van der Waals surface area contributed by atoms with Gasteiger partial charge in [-0.3, -0.25) is 9.59 Å². The maximum atomic E-state index is 13.2. The van der Waals surface area contributed by atoms with Crippen LogP contribution in [-0.2, 0) is 19.1 Å².